The van der Waals surface area contributed by atoms with Crippen LogP contribution in [0.2, 0.25) is 5.02 Å². The maximum atomic E-state index is 12.9. The van der Waals surface area contributed by atoms with Gasteiger partial charge in [-0.05, 0) is 36.6 Å². The van der Waals surface area contributed by atoms with Gasteiger partial charge >= 0.3 is 0 Å². The summed E-state index contributed by atoms with van der Waals surface area (Å²) in [6.45, 7) is 4.43. The van der Waals surface area contributed by atoms with Gasteiger partial charge in [-0.15, -0.1) is 0 Å². The number of anilines is 1. The molecule has 1 aliphatic rings. The molecular formula is C21H21ClN4O3. The zero-order valence-corrected chi connectivity index (χ0v) is 16.8. The summed E-state index contributed by atoms with van der Waals surface area (Å²) in [6, 6.07) is 14.8. The molecule has 29 heavy (non-hydrogen) atoms. The predicted octanol–water partition coefficient (Wildman–Crippen LogP) is 3.86. The van der Waals surface area contributed by atoms with E-state index in [9.17, 15) is 14.9 Å². The van der Waals surface area contributed by atoms with Crippen molar-refractivity contribution in [2.45, 2.75) is 13.5 Å². The normalized spacial score (nSPS) is 14.4. The quantitative estimate of drug-likeness (QED) is 0.482. The smallest absolute Gasteiger partial charge is 0.294 e. The first kappa shape index (κ1) is 19.3. The number of fused-ring (bicyclic) bond motifs is 1. The molecule has 0 bridgehead atoms. The molecule has 3 aromatic rings. The zero-order chi connectivity index (χ0) is 20.5. The van der Waals surface area contributed by atoms with Gasteiger partial charge in [0.1, 0.15) is 12.2 Å². The number of aryl methyl sites for hydroxylation is 1. The summed E-state index contributed by atoms with van der Waals surface area (Å²) in [4.78, 5) is 27.6. The van der Waals surface area contributed by atoms with Gasteiger partial charge in [-0.1, -0.05) is 29.8 Å². The van der Waals surface area contributed by atoms with E-state index in [1.54, 1.807) is 12.1 Å². The van der Waals surface area contributed by atoms with Crippen molar-refractivity contribution in [1.82, 2.24) is 9.47 Å². The molecule has 1 aliphatic heterocycles. The van der Waals surface area contributed by atoms with Gasteiger partial charge in [-0.2, -0.15) is 0 Å². The largest absolute Gasteiger partial charge is 0.362 e. The molecular weight excluding hydrogens is 392 g/mol. The molecule has 7 nitrogen and oxygen atoms in total. The van der Waals surface area contributed by atoms with Crippen molar-refractivity contribution < 1.29 is 9.72 Å². The predicted molar refractivity (Wildman–Crippen MR) is 114 cm³/mol. The summed E-state index contributed by atoms with van der Waals surface area (Å²) < 4.78 is 2.04. The van der Waals surface area contributed by atoms with E-state index in [0.717, 1.165) is 16.6 Å². The summed E-state index contributed by atoms with van der Waals surface area (Å²) >= 11 is 5.91. The number of hydrogen-bond acceptors (Lipinski definition) is 4. The van der Waals surface area contributed by atoms with Crippen molar-refractivity contribution in [2.24, 2.45) is 0 Å². The molecule has 0 atom stereocenters. The fraction of sp³-hybridized carbons (Fsp3) is 0.286. The lowest BCUT2D eigenvalue weighted by atomic mass is 10.2. The highest BCUT2D eigenvalue weighted by Gasteiger charge is 2.26. The van der Waals surface area contributed by atoms with Crippen LogP contribution in [0.3, 0.4) is 0 Å². The van der Waals surface area contributed by atoms with E-state index < -0.39 is 4.92 Å². The number of nitro groups is 1. The number of amides is 1. The number of hydrogen-bond donors (Lipinski definition) is 0. The first-order valence-electron chi connectivity index (χ1n) is 9.45. The molecule has 1 fully saturated rings. The second kappa shape index (κ2) is 7.75. The number of aromatic nitrogens is 1. The van der Waals surface area contributed by atoms with E-state index in [1.807, 2.05) is 45.6 Å². The van der Waals surface area contributed by atoms with E-state index in [1.165, 1.54) is 6.07 Å². The number of carbonyl (C=O) groups excluding carboxylic acids is 1. The number of halogens is 1. The number of piperazine rings is 1. The van der Waals surface area contributed by atoms with Crippen molar-refractivity contribution in [2.75, 3.05) is 31.1 Å². The van der Waals surface area contributed by atoms with E-state index in [4.69, 9.17) is 11.6 Å². The number of carbonyl (C=O) groups is 1. The van der Waals surface area contributed by atoms with E-state index in [2.05, 4.69) is 6.07 Å². The Morgan fingerprint density at radius 3 is 2.55 bits per heavy atom. The molecule has 0 unspecified atom stereocenters. The van der Waals surface area contributed by atoms with E-state index in [0.29, 0.717) is 43.4 Å². The highest BCUT2D eigenvalue weighted by molar-refractivity contribution is 6.30. The fourth-order valence-corrected chi connectivity index (χ4v) is 4.07. The van der Waals surface area contributed by atoms with E-state index >= 15 is 0 Å². The Hall–Kier alpha value is -3.06. The van der Waals surface area contributed by atoms with Crippen LogP contribution in [-0.4, -0.2) is 46.5 Å². The molecule has 0 aliphatic carbocycles. The molecule has 1 aromatic heterocycles. The maximum Gasteiger partial charge on any atom is 0.294 e. The van der Waals surface area contributed by atoms with Gasteiger partial charge in [0.15, 0.2) is 0 Å². The average Bonchev–Trinajstić information content (AvgIpc) is 3.03. The average molecular weight is 413 g/mol. The van der Waals surface area contributed by atoms with Gasteiger partial charge in [0.05, 0.1) is 4.92 Å². The van der Waals surface area contributed by atoms with Crippen LogP contribution in [0, 0.1) is 17.0 Å². The van der Waals surface area contributed by atoms with Crippen molar-refractivity contribution >= 4 is 39.8 Å². The Balaban J connectivity index is 1.45. The zero-order valence-electron chi connectivity index (χ0n) is 16.0. The van der Waals surface area contributed by atoms with Crippen LogP contribution in [0.4, 0.5) is 11.4 Å². The molecule has 1 amide bonds. The highest BCUT2D eigenvalue weighted by Crippen LogP contribution is 2.31. The number of para-hydroxylation sites is 1. The minimum absolute atomic E-state index is 0.00767. The number of nitro benzene ring substituents is 1. The van der Waals surface area contributed by atoms with Gasteiger partial charge < -0.3 is 14.4 Å². The topological polar surface area (TPSA) is 71.6 Å². The Kier molecular flexibility index (Phi) is 5.15. The van der Waals surface area contributed by atoms with Gasteiger partial charge in [0.25, 0.3) is 5.69 Å². The summed E-state index contributed by atoms with van der Waals surface area (Å²) in [5, 5.41) is 12.8. The molecule has 2 heterocycles. The molecule has 8 heteroatoms. The van der Waals surface area contributed by atoms with Gasteiger partial charge in [-0.3, -0.25) is 14.9 Å². The van der Waals surface area contributed by atoms with Crippen molar-refractivity contribution in [1.29, 1.82) is 0 Å². The Bertz CT molecular complexity index is 1090. The number of benzene rings is 2. The van der Waals surface area contributed by atoms with Crippen molar-refractivity contribution in [3.05, 3.63) is 69.4 Å². The van der Waals surface area contributed by atoms with Crippen molar-refractivity contribution in [3.63, 3.8) is 0 Å². The fourth-order valence-electron chi connectivity index (χ4n) is 3.90. The molecule has 0 spiro atoms. The van der Waals surface area contributed by atoms with Crippen molar-refractivity contribution in [3.8, 4) is 0 Å². The van der Waals surface area contributed by atoms with Crippen LogP contribution in [0.5, 0.6) is 0 Å². The first-order valence-corrected chi connectivity index (χ1v) is 9.83. The first-order chi connectivity index (χ1) is 13.9. The molecule has 4 rings (SSSR count). The van der Waals surface area contributed by atoms with Gasteiger partial charge in [-0.25, -0.2) is 0 Å². The van der Waals surface area contributed by atoms with E-state index in [-0.39, 0.29) is 11.6 Å². The Morgan fingerprint density at radius 2 is 1.83 bits per heavy atom. The Labute approximate surface area is 173 Å². The SMILES string of the molecule is Cc1cc2ccccc2n1CC(=O)N1CCN(c2ccc(Cl)cc2[N+](=O)[O-])CC1. The minimum Gasteiger partial charge on any atom is -0.362 e. The maximum absolute atomic E-state index is 12.9. The monoisotopic (exact) mass is 412 g/mol. The van der Waals surface area contributed by atoms with Crippen LogP contribution in [0.15, 0.2) is 48.5 Å². The lowest BCUT2D eigenvalue weighted by Crippen LogP contribution is -2.49. The van der Waals surface area contributed by atoms with Crippen LogP contribution in [0.25, 0.3) is 10.9 Å². The highest BCUT2D eigenvalue weighted by atomic mass is 35.5. The lowest BCUT2D eigenvalue weighted by molar-refractivity contribution is -0.384. The van der Waals surface area contributed by atoms with Crippen LogP contribution >= 0.6 is 11.6 Å². The molecule has 150 valence electrons. The minimum atomic E-state index is -0.418. The Morgan fingerprint density at radius 1 is 1.10 bits per heavy atom. The lowest BCUT2D eigenvalue weighted by Gasteiger charge is -2.36. The van der Waals surface area contributed by atoms with Gasteiger partial charge in [0.2, 0.25) is 5.91 Å². The van der Waals surface area contributed by atoms with Crippen LogP contribution < -0.4 is 4.90 Å². The third-order valence-corrected chi connectivity index (χ3v) is 5.65. The number of nitrogens with zero attached hydrogens (tertiary/aromatic N) is 4. The summed E-state index contributed by atoms with van der Waals surface area (Å²) in [6.07, 6.45) is 0. The second-order valence-electron chi connectivity index (χ2n) is 7.19. The standard InChI is InChI=1S/C21H21ClN4O3/c1-15-12-16-4-2-3-5-18(16)25(15)14-21(27)24-10-8-23(9-11-24)19-7-6-17(22)13-20(19)26(28)29/h2-7,12-13H,8-11,14H2,1H3. The molecule has 0 saturated carbocycles. The number of rotatable bonds is 4. The summed E-state index contributed by atoms with van der Waals surface area (Å²) in [5.74, 6) is 0.0553. The third kappa shape index (κ3) is 3.78. The van der Waals surface area contributed by atoms with Crippen LogP contribution in [0.1, 0.15) is 5.69 Å². The molecule has 0 N–H and O–H groups in total. The van der Waals surface area contributed by atoms with Gasteiger partial charge in [0, 0.05) is 48.5 Å². The third-order valence-electron chi connectivity index (χ3n) is 5.42. The molecule has 0 radical (unpaired) electrons. The molecule has 1 saturated heterocycles. The second-order valence-corrected chi connectivity index (χ2v) is 7.63. The summed E-state index contributed by atoms with van der Waals surface area (Å²) in [5.41, 5.74) is 2.63. The summed E-state index contributed by atoms with van der Waals surface area (Å²) in [7, 11) is 0. The molecule has 2 aromatic carbocycles. The van der Waals surface area contributed by atoms with Crippen LogP contribution in [-0.2, 0) is 11.3 Å².